The lowest BCUT2D eigenvalue weighted by Gasteiger charge is -2.01. The third-order valence-corrected chi connectivity index (χ3v) is 2.14. The van der Waals surface area contributed by atoms with Crippen LogP contribution in [0.25, 0.3) is 0 Å². The smallest absolute Gasteiger partial charge is 0.211 e. The molecular weight excluding hydrogens is 230 g/mol. The molecule has 1 aromatic heterocycles. The minimum atomic E-state index is -0.0648. The molecule has 2 aromatic rings. The standard InChI is InChI=1S/C11H13N7/c12-11(13)17-15-5-9-2-1-3-10(4-9)6-18-8-14-7-16-18/h1-5,7-8H,6H2,(H4,12,13,17). The first-order valence-corrected chi connectivity index (χ1v) is 5.27. The van der Waals surface area contributed by atoms with E-state index < -0.39 is 0 Å². The Bertz CT molecular complexity index is 553. The van der Waals surface area contributed by atoms with Gasteiger partial charge in [-0.3, -0.25) is 0 Å². The summed E-state index contributed by atoms with van der Waals surface area (Å²) in [5, 5.41) is 11.3. The van der Waals surface area contributed by atoms with Crippen LogP contribution >= 0.6 is 0 Å². The summed E-state index contributed by atoms with van der Waals surface area (Å²) in [6, 6.07) is 7.83. The van der Waals surface area contributed by atoms with Crippen LogP contribution in [0, 0.1) is 0 Å². The van der Waals surface area contributed by atoms with Gasteiger partial charge >= 0.3 is 0 Å². The van der Waals surface area contributed by atoms with Crippen molar-refractivity contribution in [2.75, 3.05) is 0 Å². The molecule has 0 bridgehead atoms. The van der Waals surface area contributed by atoms with E-state index in [1.165, 1.54) is 6.33 Å². The Kier molecular flexibility index (Phi) is 3.65. The molecule has 7 nitrogen and oxygen atoms in total. The Morgan fingerprint density at radius 3 is 3.00 bits per heavy atom. The van der Waals surface area contributed by atoms with Crippen LogP contribution in [0.5, 0.6) is 0 Å². The van der Waals surface area contributed by atoms with Crippen LogP contribution in [-0.4, -0.2) is 26.9 Å². The molecule has 1 aromatic carbocycles. The molecule has 7 heteroatoms. The van der Waals surface area contributed by atoms with Crippen molar-refractivity contribution in [2.45, 2.75) is 6.54 Å². The molecule has 0 aliphatic heterocycles. The quantitative estimate of drug-likeness (QED) is 0.445. The van der Waals surface area contributed by atoms with Crippen molar-refractivity contribution in [1.82, 2.24) is 14.8 Å². The Hall–Kier alpha value is -2.70. The average Bonchev–Trinajstić information content (AvgIpc) is 2.82. The van der Waals surface area contributed by atoms with Crippen LogP contribution in [-0.2, 0) is 6.54 Å². The molecular formula is C11H13N7. The molecule has 1 heterocycles. The molecule has 4 N–H and O–H groups in total. The van der Waals surface area contributed by atoms with Crippen molar-refractivity contribution in [3.05, 3.63) is 48.0 Å². The summed E-state index contributed by atoms with van der Waals surface area (Å²) in [6.07, 6.45) is 4.76. The van der Waals surface area contributed by atoms with Crippen molar-refractivity contribution in [1.29, 1.82) is 0 Å². The van der Waals surface area contributed by atoms with Gasteiger partial charge in [0.05, 0.1) is 12.8 Å². The molecule has 2 rings (SSSR count). The molecule has 0 radical (unpaired) electrons. The van der Waals surface area contributed by atoms with Crippen LogP contribution in [0.1, 0.15) is 11.1 Å². The van der Waals surface area contributed by atoms with Crippen molar-refractivity contribution >= 4 is 12.2 Å². The molecule has 0 saturated heterocycles. The predicted octanol–water partition coefficient (Wildman–Crippen LogP) is -0.0663. The van der Waals surface area contributed by atoms with E-state index in [1.54, 1.807) is 17.2 Å². The van der Waals surface area contributed by atoms with E-state index in [4.69, 9.17) is 11.5 Å². The van der Waals surface area contributed by atoms with Crippen LogP contribution in [0.4, 0.5) is 0 Å². The van der Waals surface area contributed by atoms with Gasteiger partial charge in [0.15, 0.2) is 0 Å². The van der Waals surface area contributed by atoms with Gasteiger partial charge < -0.3 is 11.5 Å². The summed E-state index contributed by atoms with van der Waals surface area (Å²) in [7, 11) is 0. The van der Waals surface area contributed by atoms with E-state index in [0.717, 1.165) is 11.1 Å². The van der Waals surface area contributed by atoms with Crippen LogP contribution in [0.15, 0.2) is 47.1 Å². The van der Waals surface area contributed by atoms with Gasteiger partial charge in [-0.15, -0.1) is 5.10 Å². The van der Waals surface area contributed by atoms with Gasteiger partial charge in [-0.2, -0.15) is 10.2 Å². The predicted molar refractivity (Wildman–Crippen MR) is 69.0 cm³/mol. The Morgan fingerprint density at radius 2 is 2.28 bits per heavy atom. The van der Waals surface area contributed by atoms with E-state index >= 15 is 0 Å². The molecule has 0 aliphatic rings. The summed E-state index contributed by atoms with van der Waals surface area (Å²) >= 11 is 0. The highest BCUT2D eigenvalue weighted by atomic mass is 15.3. The minimum absolute atomic E-state index is 0.0648. The molecule has 0 spiro atoms. The van der Waals surface area contributed by atoms with Crippen molar-refractivity contribution in [3.8, 4) is 0 Å². The zero-order chi connectivity index (χ0) is 12.8. The monoisotopic (exact) mass is 243 g/mol. The molecule has 92 valence electrons. The molecule has 18 heavy (non-hydrogen) atoms. The SMILES string of the molecule is NC(N)=NN=Cc1cccc(Cn2cncn2)c1. The third-order valence-electron chi connectivity index (χ3n) is 2.14. The lowest BCUT2D eigenvalue weighted by molar-refractivity contribution is 0.685. The highest BCUT2D eigenvalue weighted by Crippen LogP contribution is 2.05. The van der Waals surface area contributed by atoms with E-state index in [9.17, 15) is 0 Å². The van der Waals surface area contributed by atoms with Gasteiger partial charge in [0.2, 0.25) is 5.96 Å². The molecule has 0 aliphatic carbocycles. The Balaban J connectivity index is 2.10. The number of rotatable bonds is 4. The minimum Gasteiger partial charge on any atom is -0.369 e. The largest absolute Gasteiger partial charge is 0.369 e. The van der Waals surface area contributed by atoms with Gasteiger partial charge in [0.1, 0.15) is 12.7 Å². The van der Waals surface area contributed by atoms with E-state index in [0.29, 0.717) is 6.54 Å². The number of hydrogen-bond acceptors (Lipinski definition) is 4. The zero-order valence-corrected chi connectivity index (χ0v) is 9.64. The second-order valence-corrected chi connectivity index (χ2v) is 3.61. The highest BCUT2D eigenvalue weighted by Gasteiger charge is 1.96. The van der Waals surface area contributed by atoms with Gasteiger partial charge in [-0.1, -0.05) is 18.2 Å². The summed E-state index contributed by atoms with van der Waals surface area (Å²) in [6.45, 7) is 0.657. The zero-order valence-electron chi connectivity index (χ0n) is 9.64. The number of nitrogens with zero attached hydrogens (tertiary/aromatic N) is 5. The van der Waals surface area contributed by atoms with Gasteiger partial charge in [-0.05, 0) is 17.2 Å². The van der Waals surface area contributed by atoms with E-state index in [1.807, 2.05) is 24.3 Å². The summed E-state index contributed by atoms with van der Waals surface area (Å²) in [4.78, 5) is 3.89. The normalized spacial score (nSPS) is 10.7. The first-order valence-electron chi connectivity index (χ1n) is 5.27. The molecule has 0 atom stereocenters. The van der Waals surface area contributed by atoms with Crippen molar-refractivity contribution in [3.63, 3.8) is 0 Å². The molecule has 0 fully saturated rings. The highest BCUT2D eigenvalue weighted by molar-refractivity contribution is 5.81. The van der Waals surface area contributed by atoms with Crippen molar-refractivity contribution in [2.24, 2.45) is 21.7 Å². The number of benzene rings is 1. The summed E-state index contributed by atoms with van der Waals surface area (Å²) < 4.78 is 1.74. The lowest BCUT2D eigenvalue weighted by atomic mass is 10.1. The fraction of sp³-hybridized carbons (Fsp3) is 0.0909. The maximum atomic E-state index is 5.17. The number of nitrogens with two attached hydrogens (primary N) is 2. The maximum absolute atomic E-state index is 5.17. The van der Waals surface area contributed by atoms with Crippen LogP contribution < -0.4 is 11.5 Å². The van der Waals surface area contributed by atoms with Gasteiger partial charge in [0, 0.05) is 0 Å². The average molecular weight is 243 g/mol. The lowest BCUT2D eigenvalue weighted by Crippen LogP contribution is -2.21. The Labute approximate surface area is 104 Å². The fourth-order valence-electron chi connectivity index (χ4n) is 1.44. The van der Waals surface area contributed by atoms with Crippen molar-refractivity contribution < 1.29 is 0 Å². The molecule has 0 amide bonds. The molecule has 0 unspecified atom stereocenters. The fourth-order valence-corrected chi connectivity index (χ4v) is 1.44. The van der Waals surface area contributed by atoms with Crippen LogP contribution in [0.2, 0.25) is 0 Å². The topological polar surface area (TPSA) is 107 Å². The molecule has 0 saturated carbocycles. The number of guanidine groups is 1. The third kappa shape index (κ3) is 3.41. The van der Waals surface area contributed by atoms with Gasteiger partial charge in [0.25, 0.3) is 0 Å². The second-order valence-electron chi connectivity index (χ2n) is 3.61. The second kappa shape index (κ2) is 5.58. The van der Waals surface area contributed by atoms with E-state index in [-0.39, 0.29) is 5.96 Å². The Morgan fingerprint density at radius 1 is 1.39 bits per heavy atom. The summed E-state index contributed by atoms with van der Waals surface area (Å²) in [5.74, 6) is -0.0648. The number of aromatic nitrogens is 3. The number of hydrogen-bond donors (Lipinski definition) is 2. The van der Waals surface area contributed by atoms with Gasteiger partial charge in [-0.25, -0.2) is 9.67 Å². The first-order chi connectivity index (χ1) is 8.74. The van der Waals surface area contributed by atoms with E-state index in [2.05, 4.69) is 20.3 Å². The maximum Gasteiger partial charge on any atom is 0.211 e. The van der Waals surface area contributed by atoms with Crippen LogP contribution in [0.3, 0.4) is 0 Å². The summed E-state index contributed by atoms with van der Waals surface area (Å²) in [5.41, 5.74) is 12.4. The first kappa shape index (κ1) is 11.8.